The first-order valence-electron chi connectivity index (χ1n) is 5.21. The third-order valence-corrected chi connectivity index (χ3v) is 1.82. The first-order chi connectivity index (χ1) is 5.91. The lowest BCUT2D eigenvalue weighted by molar-refractivity contribution is 0.728. The van der Waals surface area contributed by atoms with E-state index in [4.69, 9.17) is 0 Å². The monoisotopic (exact) mass is 166 g/mol. The Labute approximate surface area is 77.4 Å². The molecule has 0 aromatic rings. The minimum atomic E-state index is 1.11. The normalized spacial score (nSPS) is 11.8. The van der Waals surface area contributed by atoms with Gasteiger partial charge in [-0.15, -0.1) is 0 Å². The van der Waals surface area contributed by atoms with Gasteiger partial charge in [0.2, 0.25) is 0 Å². The van der Waals surface area contributed by atoms with Crippen molar-refractivity contribution in [2.75, 3.05) is 0 Å². The van der Waals surface area contributed by atoms with E-state index in [1.807, 2.05) is 0 Å². The van der Waals surface area contributed by atoms with Gasteiger partial charge in [-0.1, -0.05) is 51.0 Å². The van der Waals surface area contributed by atoms with Crippen molar-refractivity contribution in [3.63, 3.8) is 0 Å². The van der Waals surface area contributed by atoms with Gasteiger partial charge in [0.15, 0.2) is 0 Å². The Balaban J connectivity index is 3.08. The van der Waals surface area contributed by atoms with Gasteiger partial charge in [0.25, 0.3) is 0 Å². The van der Waals surface area contributed by atoms with Crippen LogP contribution >= 0.6 is 0 Å². The zero-order valence-electron chi connectivity index (χ0n) is 8.55. The highest BCUT2D eigenvalue weighted by atomic mass is 13.9. The van der Waals surface area contributed by atoms with Crippen molar-refractivity contribution in [2.24, 2.45) is 0 Å². The summed E-state index contributed by atoms with van der Waals surface area (Å²) in [4.78, 5) is 0. The molecule has 0 saturated heterocycles. The maximum Gasteiger partial charge on any atom is -0.0169 e. The van der Waals surface area contributed by atoms with Crippen LogP contribution in [0.2, 0.25) is 0 Å². The first-order valence-corrected chi connectivity index (χ1v) is 5.21. The van der Waals surface area contributed by atoms with E-state index in [0.717, 1.165) is 12.8 Å². The Bertz CT molecular complexity index is 120. The molecule has 0 spiro atoms. The highest BCUT2D eigenvalue weighted by Crippen LogP contribution is 2.00. The molecular weight excluding hydrogens is 144 g/mol. The first kappa shape index (κ1) is 11.5. The van der Waals surface area contributed by atoms with Crippen LogP contribution in [0.1, 0.15) is 52.4 Å². The van der Waals surface area contributed by atoms with E-state index in [-0.39, 0.29) is 0 Å². The second kappa shape index (κ2) is 10.5. The summed E-state index contributed by atoms with van der Waals surface area (Å²) in [6, 6.07) is 0. The lowest BCUT2D eigenvalue weighted by Gasteiger charge is -1.90. The molecule has 0 aliphatic carbocycles. The molecule has 0 heteroatoms. The highest BCUT2D eigenvalue weighted by molar-refractivity contribution is 4.92. The molecule has 12 heavy (non-hydrogen) atoms. The average Bonchev–Trinajstić information content (AvgIpc) is 2.10. The van der Waals surface area contributed by atoms with Gasteiger partial charge in [0.05, 0.1) is 0 Å². The number of unbranched alkanes of at least 4 members (excludes halogenated alkanes) is 3. The van der Waals surface area contributed by atoms with Crippen LogP contribution in [0.3, 0.4) is 0 Å². The average molecular weight is 166 g/mol. The molecule has 0 radical (unpaired) electrons. The number of rotatable bonds is 7. The van der Waals surface area contributed by atoms with E-state index in [2.05, 4.69) is 38.2 Å². The molecule has 0 saturated carbocycles. The highest BCUT2D eigenvalue weighted by Gasteiger charge is 1.80. The van der Waals surface area contributed by atoms with Crippen LogP contribution in [0.25, 0.3) is 0 Å². The van der Waals surface area contributed by atoms with Gasteiger partial charge in [0, 0.05) is 0 Å². The third-order valence-electron chi connectivity index (χ3n) is 1.82. The zero-order valence-corrected chi connectivity index (χ0v) is 8.55. The Kier molecular flexibility index (Phi) is 10.0. The van der Waals surface area contributed by atoms with E-state index in [1.165, 1.54) is 25.7 Å². The molecule has 0 fully saturated rings. The van der Waals surface area contributed by atoms with Crippen LogP contribution in [0.5, 0.6) is 0 Å². The summed E-state index contributed by atoms with van der Waals surface area (Å²) >= 11 is 0. The standard InChI is InChI=1S/C12H22/c1-3-5-7-9-11-12-10-8-6-4-2/h5,7,11-12H,3-4,6,8-10H2,1-2H3/b7-5-,12-11-. The summed E-state index contributed by atoms with van der Waals surface area (Å²) in [7, 11) is 0. The number of hydrogen-bond donors (Lipinski definition) is 0. The van der Waals surface area contributed by atoms with Crippen LogP contribution < -0.4 is 0 Å². The third kappa shape index (κ3) is 9.48. The molecule has 0 rings (SSSR count). The minimum absolute atomic E-state index is 1.11. The van der Waals surface area contributed by atoms with Gasteiger partial charge >= 0.3 is 0 Å². The minimum Gasteiger partial charge on any atom is -0.0885 e. The summed E-state index contributed by atoms with van der Waals surface area (Å²) < 4.78 is 0. The van der Waals surface area contributed by atoms with Gasteiger partial charge in [-0.3, -0.25) is 0 Å². The van der Waals surface area contributed by atoms with Gasteiger partial charge in [-0.25, -0.2) is 0 Å². The largest absolute Gasteiger partial charge is 0.0885 e. The van der Waals surface area contributed by atoms with Gasteiger partial charge in [-0.05, 0) is 25.7 Å². The molecular formula is C12H22. The predicted octanol–water partition coefficient (Wildman–Crippen LogP) is 4.48. The molecule has 0 aliphatic rings. The second-order valence-electron chi connectivity index (χ2n) is 3.08. The Hall–Kier alpha value is -0.520. The van der Waals surface area contributed by atoms with E-state index < -0.39 is 0 Å². The van der Waals surface area contributed by atoms with Crippen molar-refractivity contribution in [1.82, 2.24) is 0 Å². The summed E-state index contributed by atoms with van der Waals surface area (Å²) in [6.45, 7) is 4.41. The Morgan fingerprint density at radius 2 is 1.58 bits per heavy atom. The molecule has 0 N–H and O–H groups in total. The van der Waals surface area contributed by atoms with Crippen molar-refractivity contribution in [3.8, 4) is 0 Å². The summed E-state index contributed by atoms with van der Waals surface area (Å²) in [5, 5.41) is 0. The van der Waals surface area contributed by atoms with Crippen molar-refractivity contribution < 1.29 is 0 Å². The lowest BCUT2D eigenvalue weighted by Crippen LogP contribution is -1.70. The molecule has 0 heterocycles. The van der Waals surface area contributed by atoms with Crippen molar-refractivity contribution >= 4 is 0 Å². The van der Waals surface area contributed by atoms with E-state index in [0.29, 0.717) is 0 Å². The lowest BCUT2D eigenvalue weighted by atomic mass is 10.2. The molecule has 0 aromatic carbocycles. The molecule has 0 aliphatic heterocycles. The topological polar surface area (TPSA) is 0 Å². The van der Waals surface area contributed by atoms with Crippen LogP contribution in [-0.2, 0) is 0 Å². The Morgan fingerprint density at radius 1 is 0.833 bits per heavy atom. The van der Waals surface area contributed by atoms with Crippen molar-refractivity contribution in [3.05, 3.63) is 24.3 Å². The maximum atomic E-state index is 2.30. The van der Waals surface area contributed by atoms with Crippen molar-refractivity contribution in [1.29, 1.82) is 0 Å². The SMILES string of the molecule is CC/C=C\C/C=C\CCCCC. The molecule has 0 unspecified atom stereocenters. The predicted molar refractivity (Wildman–Crippen MR) is 57.3 cm³/mol. The van der Waals surface area contributed by atoms with Gasteiger partial charge in [0.1, 0.15) is 0 Å². The fraction of sp³-hybridized carbons (Fsp3) is 0.667. The quantitative estimate of drug-likeness (QED) is 0.386. The second-order valence-corrected chi connectivity index (χ2v) is 3.08. The fourth-order valence-electron chi connectivity index (χ4n) is 1.07. The molecule has 0 bridgehead atoms. The Morgan fingerprint density at radius 3 is 2.25 bits per heavy atom. The van der Waals surface area contributed by atoms with Crippen LogP contribution in [0.4, 0.5) is 0 Å². The molecule has 0 atom stereocenters. The van der Waals surface area contributed by atoms with Crippen LogP contribution in [0, 0.1) is 0 Å². The molecule has 0 nitrogen and oxygen atoms in total. The van der Waals surface area contributed by atoms with Gasteiger partial charge < -0.3 is 0 Å². The molecule has 0 amide bonds. The fourth-order valence-corrected chi connectivity index (χ4v) is 1.07. The van der Waals surface area contributed by atoms with E-state index in [1.54, 1.807) is 0 Å². The smallest absolute Gasteiger partial charge is 0.0169 e. The summed E-state index contributed by atoms with van der Waals surface area (Å²) in [6.07, 6.45) is 16.6. The zero-order chi connectivity index (χ0) is 9.07. The van der Waals surface area contributed by atoms with Crippen molar-refractivity contribution in [2.45, 2.75) is 52.4 Å². The van der Waals surface area contributed by atoms with E-state index >= 15 is 0 Å². The molecule has 0 aromatic heterocycles. The summed E-state index contributed by atoms with van der Waals surface area (Å²) in [5.41, 5.74) is 0. The maximum absolute atomic E-state index is 2.30. The van der Waals surface area contributed by atoms with E-state index in [9.17, 15) is 0 Å². The summed E-state index contributed by atoms with van der Waals surface area (Å²) in [5.74, 6) is 0. The number of allylic oxidation sites excluding steroid dienone is 4. The van der Waals surface area contributed by atoms with Gasteiger partial charge in [-0.2, -0.15) is 0 Å². The van der Waals surface area contributed by atoms with Crippen LogP contribution in [0.15, 0.2) is 24.3 Å². The molecule has 70 valence electrons. The van der Waals surface area contributed by atoms with Crippen LogP contribution in [-0.4, -0.2) is 0 Å². The number of hydrogen-bond acceptors (Lipinski definition) is 0.